The number of likely N-dealkylation sites (N-methyl/N-ethyl adjacent to an activating group) is 1. The van der Waals surface area contributed by atoms with Gasteiger partial charge in [0.05, 0.1) is 6.61 Å². The van der Waals surface area contributed by atoms with Gasteiger partial charge in [0.2, 0.25) is 0 Å². The molecule has 0 saturated heterocycles. The van der Waals surface area contributed by atoms with E-state index in [9.17, 15) is 0 Å². The Bertz CT molecular complexity index is 680. The monoisotopic (exact) mass is 462 g/mol. The number of halogens is 3. The Morgan fingerprint density at radius 3 is 2.24 bits per heavy atom. The summed E-state index contributed by atoms with van der Waals surface area (Å²) in [7, 11) is 0. The van der Waals surface area contributed by atoms with Crippen LogP contribution < -0.4 is 14.8 Å². The zero-order valence-electron chi connectivity index (χ0n) is 17.4. The average Bonchev–Trinajstić information content (AvgIpc) is 2.69. The van der Waals surface area contributed by atoms with E-state index in [0.717, 1.165) is 60.4 Å². The van der Waals surface area contributed by atoms with Crippen LogP contribution in [0.4, 0.5) is 0 Å². The summed E-state index contributed by atoms with van der Waals surface area (Å²) >= 11 is 5.96. The Balaban J connectivity index is 0.00000392. The van der Waals surface area contributed by atoms with Crippen molar-refractivity contribution in [2.24, 2.45) is 0 Å². The fraction of sp³-hybridized carbons (Fsp3) is 0.455. The van der Waals surface area contributed by atoms with Gasteiger partial charge in [-0.3, -0.25) is 0 Å². The van der Waals surface area contributed by atoms with E-state index in [1.54, 1.807) is 0 Å². The molecule has 164 valence electrons. The SMILES string of the molecule is CCOc1cccc(CNCCN(CC)CC)c1OCc1ccc(Cl)cc1.Cl.Cl. The second-order valence-electron chi connectivity index (χ2n) is 6.30. The maximum atomic E-state index is 6.15. The van der Waals surface area contributed by atoms with Gasteiger partial charge in [-0.15, -0.1) is 24.8 Å². The van der Waals surface area contributed by atoms with Crippen molar-refractivity contribution in [3.63, 3.8) is 0 Å². The zero-order chi connectivity index (χ0) is 19.5. The molecular weight excluding hydrogens is 431 g/mol. The number of benzene rings is 2. The van der Waals surface area contributed by atoms with Gasteiger partial charge in [-0.2, -0.15) is 0 Å². The van der Waals surface area contributed by atoms with Gasteiger partial charge in [-0.25, -0.2) is 0 Å². The Morgan fingerprint density at radius 1 is 0.931 bits per heavy atom. The van der Waals surface area contributed by atoms with Crippen molar-refractivity contribution < 1.29 is 9.47 Å². The first kappa shape index (κ1) is 27.8. The van der Waals surface area contributed by atoms with Gasteiger partial charge in [-0.1, -0.05) is 49.7 Å². The van der Waals surface area contributed by atoms with Crippen molar-refractivity contribution in [1.82, 2.24) is 10.2 Å². The predicted molar refractivity (Wildman–Crippen MR) is 127 cm³/mol. The summed E-state index contributed by atoms with van der Waals surface area (Å²) in [6.07, 6.45) is 0. The second-order valence-corrected chi connectivity index (χ2v) is 6.73. The van der Waals surface area contributed by atoms with Gasteiger partial charge < -0.3 is 19.7 Å². The minimum atomic E-state index is 0. The Kier molecular flexibility index (Phi) is 15.0. The topological polar surface area (TPSA) is 33.7 Å². The summed E-state index contributed by atoms with van der Waals surface area (Å²) in [6, 6.07) is 13.8. The molecule has 0 spiro atoms. The fourth-order valence-electron chi connectivity index (χ4n) is 2.87. The summed E-state index contributed by atoms with van der Waals surface area (Å²) in [5, 5.41) is 4.25. The van der Waals surface area contributed by atoms with Crippen LogP contribution in [0.3, 0.4) is 0 Å². The molecule has 0 aliphatic rings. The van der Waals surface area contributed by atoms with Gasteiger partial charge >= 0.3 is 0 Å². The van der Waals surface area contributed by atoms with E-state index in [0.29, 0.717) is 13.2 Å². The minimum absolute atomic E-state index is 0. The normalized spacial score (nSPS) is 10.2. The quantitative estimate of drug-likeness (QED) is 0.416. The van der Waals surface area contributed by atoms with Crippen LogP contribution in [0.15, 0.2) is 42.5 Å². The lowest BCUT2D eigenvalue weighted by molar-refractivity contribution is 0.265. The van der Waals surface area contributed by atoms with Crippen LogP contribution in [-0.4, -0.2) is 37.7 Å². The maximum absolute atomic E-state index is 6.15. The van der Waals surface area contributed by atoms with E-state index >= 15 is 0 Å². The number of hydrogen-bond acceptors (Lipinski definition) is 4. The average molecular weight is 464 g/mol. The molecule has 7 heteroatoms. The highest BCUT2D eigenvalue weighted by atomic mass is 35.5. The third-order valence-corrected chi connectivity index (χ3v) is 4.72. The van der Waals surface area contributed by atoms with Gasteiger partial charge in [0.15, 0.2) is 11.5 Å². The molecule has 0 bridgehead atoms. The molecule has 0 aromatic heterocycles. The number of nitrogens with zero attached hydrogens (tertiary/aromatic N) is 1. The van der Waals surface area contributed by atoms with E-state index in [-0.39, 0.29) is 24.8 Å². The van der Waals surface area contributed by atoms with Gasteiger partial charge in [0.1, 0.15) is 6.61 Å². The fourth-order valence-corrected chi connectivity index (χ4v) is 3.00. The number of ether oxygens (including phenoxy) is 2. The molecule has 0 fully saturated rings. The highest BCUT2D eigenvalue weighted by Gasteiger charge is 2.11. The number of nitrogens with one attached hydrogen (secondary N) is 1. The highest BCUT2D eigenvalue weighted by molar-refractivity contribution is 6.30. The smallest absolute Gasteiger partial charge is 0.166 e. The van der Waals surface area contributed by atoms with Crippen LogP contribution in [0.2, 0.25) is 5.02 Å². The molecule has 0 radical (unpaired) electrons. The van der Waals surface area contributed by atoms with Crippen LogP contribution in [-0.2, 0) is 13.2 Å². The Hall–Kier alpha value is -1.17. The third-order valence-electron chi connectivity index (χ3n) is 4.47. The van der Waals surface area contributed by atoms with Crippen molar-refractivity contribution in [2.75, 3.05) is 32.8 Å². The number of para-hydroxylation sites is 1. The van der Waals surface area contributed by atoms with Gasteiger partial charge in [-0.05, 0) is 43.8 Å². The first-order chi connectivity index (χ1) is 13.2. The number of hydrogen-bond donors (Lipinski definition) is 1. The van der Waals surface area contributed by atoms with Gasteiger partial charge in [0.25, 0.3) is 0 Å². The molecule has 0 heterocycles. The van der Waals surface area contributed by atoms with Crippen LogP contribution in [0.1, 0.15) is 31.9 Å². The molecule has 2 rings (SSSR count). The molecule has 29 heavy (non-hydrogen) atoms. The van der Waals surface area contributed by atoms with Crippen LogP contribution in [0.5, 0.6) is 11.5 Å². The molecule has 0 aliphatic heterocycles. The molecule has 0 atom stereocenters. The molecule has 0 aliphatic carbocycles. The van der Waals surface area contributed by atoms with Crippen molar-refractivity contribution in [2.45, 2.75) is 33.9 Å². The molecule has 0 unspecified atom stereocenters. The van der Waals surface area contributed by atoms with Gasteiger partial charge in [0, 0.05) is 30.2 Å². The lowest BCUT2D eigenvalue weighted by atomic mass is 10.1. The zero-order valence-corrected chi connectivity index (χ0v) is 19.8. The summed E-state index contributed by atoms with van der Waals surface area (Å²) in [5.74, 6) is 1.60. The molecule has 1 N–H and O–H groups in total. The van der Waals surface area contributed by atoms with Crippen molar-refractivity contribution in [3.8, 4) is 11.5 Å². The summed E-state index contributed by atoms with van der Waals surface area (Å²) < 4.78 is 11.9. The van der Waals surface area contributed by atoms with E-state index in [4.69, 9.17) is 21.1 Å². The molecular formula is C22H33Cl3N2O2. The molecule has 2 aromatic rings. The van der Waals surface area contributed by atoms with E-state index < -0.39 is 0 Å². The lowest BCUT2D eigenvalue weighted by Gasteiger charge is -2.19. The molecule has 2 aromatic carbocycles. The van der Waals surface area contributed by atoms with Crippen LogP contribution >= 0.6 is 36.4 Å². The third kappa shape index (κ3) is 9.45. The molecule has 0 amide bonds. The first-order valence-corrected chi connectivity index (χ1v) is 10.1. The molecule has 4 nitrogen and oxygen atoms in total. The first-order valence-electron chi connectivity index (χ1n) is 9.72. The predicted octanol–water partition coefficient (Wildman–Crippen LogP) is 5.59. The van der Waals surface area contributed by atoms with Crippen LogP contribution in [0.25, 0.3) is 0 Å². The highest BCUT2D eigenvalue weighted by Crippen LogP contribution is 2.32. The van der Waals surface area contributed by atoms with Crippen molar-refractivity contribution in [3.05, 3.63) is 58.6 Å². The maximum Gasteiger partial charge on any atom is 0.166 e. The standard InChI is InChI=1S/C22H31ClN2O2.2ClH/c1-4-25(5-2)15-14-24-16-19-8-7-9-21(26-6-3)22(19)27-17-18-10-12-20(23)13-11-18;;/h7-13,24H,4-6,14-17H2,1-3H3;2*1H. The summed E-state index contributed by atoms with van der Waals surface area (Å²) in [4.78, 5) is 2.40. The van der Waals surface area contributed by atoms with E-state index in [1.165, 1.54) is 0 Å². The minimum Gasteiger partial charge on any atom is -0.490 e. The van der Waals surface area contributed by atoms with E-state index in [2.05, 4.69) is 30.1 Å². The van der Waals surface area contributed by atoms with Crippen molar-refractivity contribution in [1.29, 1.82) is 0 Å². The van der Waals surface area contributed by atoms with Crippen molar-refractivity contribution >= 4 is 36.4 Å². The molecule has 0 saturated carbocycles. The largest absolute Gasteiger partial charge is 0.490 e. The Labute approximate surface area is 192 Å². The van der Waals surface area contributed by atoms with E-state index in [1.807, 2.05) is 43.3 Å². The van der Waals surface area contributed by atoms with Crippen LogP contribution in [0, 0.1) is 0 Å². The Morgan fingerprint density at radius 2 is 1.62 bits per heavy atom. The lowest BCUT2D eigenvalue weighted by Crippen LogP contribution is -2.31. The summed E-state index contributed by atoms with van der Waals surface area (Å²) in [5.41, 5.74) is 2.18. The number of rotatable bonds is 12. The summed E-state index contributed by atoms with van der Waals surface area (Å²) in [6.45, 7) is 12.3. The second kappa shape index (κ2) is 15.6.